The molecule has 0 bridgehead atoms. The second kappa shape index (κ2) is 9.73. The van der Waals surface area contributed by atoms with Crippen molar-refractivity contribution < 1.29 is 23.1 Å². The van der Waals surface area contributed by atoms with Crippen LogP contribution < -0.4 is 10.2 Å². The van der Waals surface area contributed by atoms with Crippen LogP contribution in [0.1, 0.15) is 24.5 Å². The smallest absolute Gasteiger partial charge is 0.416 e. The molecule has 0 saturated heterocycles. The Hall–Kier alpha value is -2.35. The van der Waals surface area contributed by atoms with E-state index in [1.807, 2.05) is 35.4 Å². The lowest BCUT2D eigenvalue weighted by Crippen LogP contribution is -2.35. The Bertz CT molecular complexity index is 782. The third-order valence-corrected chi connectivity index (χ3v) is 5.01. The molecule has 4 nitrogen and oxygen atoms in total. The van der Waals surface area contributed by atoms with E-state index in [0.717, 1.165) is 22.7 Å². The highest BCUT2D eigenvalue weighted by atomic mass is 32.2. The minimum absolute atomic E-state index is 0.271. The molecule has 2 aromatic rings. The molecule has 0 aliphatic rings. The molecular formula is C20H23F3N2O2S. The number of amides is 1. The average Bonchev–Trinajstić information content (AvgIpc) is 2.64. The third kappa shape index (κ3) is 6.67. The van der Waals surface area contributed by atoms with Gasteiger partial charge in [0.2, 0.25) is 0 Å². The van der Waals surface area contributed by atoms with Gasteiger partial charge in [-0.05, 0) is 61.6 Å². The van der Waals surface area contributed by atoms with Gasteiger partial charge in [0.15, 0.2) is 0 Å². The maximum Gasteiger partial charge on any atom is 0.416 e. The van der Waals surface area contributed by atoms with Gasteiger partial charge in [0.05, 0.1) is 5.56 Å². The fourth-order valence-corrected chi connectivity index (χ4v) is 3.20. The van der Waals surface area contributed by atoms with Gasteiger partial charge in [-0.2, -0.15) is 13.2 Å². The summed E-state index contributed by atoms with van der Waals surface area (Å²) in [6.07, 6.45) is -2.99. The highest BCUT2D eigenvalue weighted by Crippen LogP contribution is 2.30. The lowest BCUT2D eigenvalue weighted by Gasteiger charge is -2.27. The van der Waals surface area contributed by atoms with Crippen LogP contribution in [0.2, 0.25) is 0 Å². The van der Waals surface area contributed by atoms with Crippen LogP contribution in [0.25, 0.3) is 0 Å². The van der Waals surface area contributed by atoms with E-state index in [2.05, 4.69) is 5.32 Å². The summed E-state index contributed by atoms with van der Waals surface area (Å²) in [5.74, 6) is 0. The van der Waals surface area contributed by atoms with Gasteiger partial charge in [0.1, 0.15) is 0 Å². The Morgan fingerprint density at radius 2 is 1.89 bits per heavy atom. The van der Waals surface area contributed by atoms with E-state index < -0.39 is 17.8 Å². The summed E-state index contributed by atoms with van der Waals surface area (Å²) in [5.41, 5.74) is 0.740. The molecule has 0 saturated carbocycles. The van der Waals surface area contributed by atoms with Crippen molar-refractivity contribution in [2.45, 2.75) is 37.0 Å². The van der Waals surface area contributed by atoms with Crippen LogP contribution in [-0.2, 0) is 12.7 Å². The number of carboxylic acid groups (broad SMARTS) is 1. The largest absolute Gasteiger partial charge is 0.465 e. The molecule has 2 rings (SSSR count). The topological polar surface area (TPSA) is 52.6 Å². The van der Waals surface area contributed by atoms with E-state index in [1.54, 1.807) is 24.8 Å². The Morgan fingerprint density at radius 1 is 1.21 bits per heavy atom. The summed E-state index contributed by atoms with van der Waals surface area (Å²) in [4.78, 5) is 13.8. The number of benzene rings is 2. The lowest BCUT2D eigenvalue weighted by molar-refractivity contribution is -0.137. The van der Waals surface area contributed by atoms with Gasteiger partial charge < -0.3 is 15.3 Å². The SMILES string of the molecule is CSc1ccc(N(CCC(C)NC(=O)O)Cc2cccc(C(F)(F)F)c2)cc1. The molecule has 0 aliphatic carbocycles. The molecule has 0 heterocycles. The molecule has 0 radical (unpaired) electrons. The van der Waals surface area contributed by atoms with Crippen molar-refractivity contribution in [3.8, 4) is 0 Å². The van der Waals surface area contributed by atoms with Crippen molar-refractivity contribution in [1.82, 2.24) is 5.32 Å². The van der Waals surface area contributed by atoms with Gasteiger partial charge in [-0.25, -0.2) is 4.79 Å². The van der Waals surface area contributed by atoms with Gasteiger partial charge in [-0.1, -0.05) is 12.1 Å². The van der Waals surface area contributed by atoms with Crippen molar-refractivity contribution in [2.75, 3.05) is 17.7 Å². The summed E-state index contributed by atoms with van der Waals surface area (Å²) < 4.78 is 39.0. The first-order valence-corrected chi connectivity index (χ1v) is 9.96. The van der Waals surface area contributed by atoms with Gasteiger partial charge in [-0.15, -0.1) is 11.8 Å². The van der Waals surface area contributed by atoms with E-state index >= 15 is 0 Å². The highest BCUT2D eigenvalue weighted by molar-refractivity contribution is 7.98. The van der Waals surface area contributed by atoms with Crippen molar-refractivity contribution in [3.05, 3.63) is 59.7 Å². The molecule has 0 spiro atoms. The average molecular weight is 412 g/mol. The summed E-state index contributed by atoms with van der Waals surface area (Å²) in [7, 11) is 0. The Balaban J connectivity index is 2.21. The number of thioether (sulfide) groups is 1. The fraction of sp³-hybridized carbons (Fsp3) is 0.350. The molecule has 0 aliphatic heterocycles. The van der Waals surface area contributed by atoms with E-state index in [4.69, 9.17) is 5.11 Å². The van der Waals surface area contributed by atoms with E-state index in [-0.39, 0.29) is 6.04 Å². The molecule has 1 amide bonds. The summed E-state index contributed by atoms with van der Waals surface area (Å²) in [6.45, 7) is 2.55. The minimum atomic E-state index is -4.39. The second-order valence-corrected chi connectivity index (χ2v) is 7.34. The predicted octanol–water partition coefficient (Wildman–Crippen LogP) is 5.48. The van der Waals surface area contributed by atoms with Crippen molar-refractivity contribution in [3.63, 3.8) is 0 Å². The highest BCUT2D eigenvalue weighted by Gasteiger charge is 2.30. The van der Waals surface area contributed by atoms with E-state index in [9.17, 15) is 18.0 Å². The van der Waals surface area contributed by atoms with Crippen molar-refractivity contribution in [1.29, 1.82) is 0 Å². The lowest BCUT2D eigenvalue weighted by atomic mass is 10.1. The van der Waals surface area contributed by atoms with Crippen LogP contribution in [0.5, 0.6) is 0 Å². The molecule has 1 unspecified atom stereocenters. The normalized spacial score (nSPS) is 12.5. The van der Waals surface area contributed by atoms with Crippen molar-refractivity contribution >= 4 is 23.5 Å². The number of anilines is 1. The molecule has 0 aromatic heterocycles. The molecule has 2 N–H and O–H groups in total. The first-order valence-electron chi connectivity index (χ1n) is 8.73. The van der Waals surface area contributed by atoms with Gasteiger partial charge >= 0.3 is 12.3 Å². The third-order valence-electron chi connectivity index (χ3n) is 4.27. The first kappa shape index (κ1) is 21.9. The zero-order valence-electron chi connectivity index (χ0n) is 15.7. The summed E-state index contributed by atoms with van der Waals surface area (Å²) in [6, 6.07) is 12.8. The van der Waals surface area contributed by atoms with Gasteiger partial charge in [0.25, 0.3) is 0 Å². The zero-order valence-corrected chi connectivity index (χ0v) is 16.5. The van der Waals surface area contributed by atoms with Crippen LogP contribution in [0.15, 0.2) is 53.4 Å². The van der Waals surface area contributed by atoms with Crippen LogP contribution in [0, 0.1) is 0 Å². The zero-order chi connectivity index (χ0) is 20.7. The Labute approximate surface area is 166 Å². The summed E-state index contributed by atoms with van der Waals surface area (Å²) in [5, 5.41) is 11.2. The molecule has 2 aromatic carbocycles. The number of halogens is 3. The number of nitrogens with zero attached hydrogens (tertiary/aromatic N) is 1. The summed E-state index contributed by atoms with van der Waals surface area (Å²) >= 11 is 1.60. The van der Waals surface area contributed by atoms with E-state index in [0.29, 0.717) is 25.1 Å². The number of hydrogen-bond donors (Lipinski definition) is 2. The maximum atomic E-state index is 13.0. The number of carbonyl (C=O) groups is 1. The molecular weight excluding hydrogens is 389 g/mol. The maximum absolute atomic E-state index is 13.0. The molecule has 152 valence electrons. The number of alkyl halides is 3. The predicted molar refractivity (Wildman–Crippen MR) is 106 cm³/mol. The number of nitrogens with one attached hydrogen (secondary N) is 1. The molecule has 1 atom stereocenters. The van der Waals surface area contributed by atoms with Crippen LogP contribution in [-0.4, -0.2) is 30.0 Å². The molecule has 8 heteroatoms. The second-order valence-electron chi connectivity index (χ2n) is 6.46. The van der Waals surface area contributed by atoms with Crippen molar-refractivity contribution in [2.24, 2.45) is 0 Å². The van der Waals surface area contributed by atoms with Crippen LogP contribution in [0.3, 0.4) is 0 Å². The molecule has 0 fully saturated rings. The van der Waals surface area contributed by atoms with Crippen LogP contribution in [0.4, 0.5) is 23.7 Å². The molecule has 28 heavy (non-hydrogen) atoms. The number of hydrogen-bond acceptors (Lipinski definition) is 3. The minimum Gasteiger partial charge on any atom is -0.465 e. The Morgan fingerprint density at radius 3 is 2.46 bits per heavy atom. The fourth-order valence-electron chi connectivity index (χ4n) is 2.79. The monoisotopic (exact) mass is 412 g/mol. The quantitative estimate of drug-likeness (QED) is 0.564. The van der Waals surface area contributed by atoms with Gasteiger partial charge in [-0.3, -0.25) is 0 Å². The number of rotatable bonds is 8. The van der Waals surface area contributed by atoms with Crippen LogP contribution >= 0.6 is 11.8 Å². The van der Waals surface area contributed by atoms with Gasteiger partial charge in [0, 0.05) is 29.7 Å². The van der Waals surface area contributed by atoms with E-state index in [1.165, 1.54) is 6.07 Å². The standard InChI is InChI=1S/C20H23F3N2O2S/c1-14(24-19(26)27)10-11-25(17-6-8-18(28-2)9-7-17)13-15-4-3-5-16(12-15)20(21,22)23/h3-9,12,14,24H,10-11,13H2,1-2H3,(H,26,27). The Kier molecular flexibility index (Phi) is 7.62. The first-order chi connectivity index (χ1) is 13.2.